The minimum Gasteiger partial charge on any atom is -0.324 e. The maximum atomic E-state index is 12.2. The molecule has 0 aliphatic rings. The van der Waals surface area contributed by atoms with Crippen molar-refractivity contribution in [1.82, 2.24) is 19.7 Å². The summed E-state index contributed by atoms with van der Waals surface area (Å²) in [5.74, 6) is 0.632. The largest absolute Gasteiger partial charge is 0.324 e. The highest BCUT2D eigenvalue weighted by Crippen LogP contribution is 2.26. The van der Waals surface area contributed by atoms with E-state index in [-0.39, 0.29) is 11.7 Å². The normalized spacial score (nSPS) is 10.8. The van der Waals surface area contributed by atoms with Crippen LogP contribution in [0.3, 0.4) is 0 Å². The van der Waals surface area contributed by atoms with Gasteiger partial charge in [-0.25, -0.2) is 14.6 Å². The molecule has 2 heterocycles. The van der Waals surface area contributed by atoms with E-state index in [1.54, 1.807) is 28.9 Å². The van der Waals surface area contributed by atoms with Gasteiger partial charge < -0.3 is 5.32 Å². The van der Waals surface area contributed by atoms with Gasteiger partial charge in [0.05, 0.1) is 22.2 Å². The molecule has 0 saturated carbocycles. The van der Waals surface area contributed by atoms with Crippen molar-refractivity contribution < 1.29 is 4.79 Å². The summed E-state index contributed by atoms with van der Waals surface area (Å²) in [5, 5.41) is 8.75. The fourth-order valence-corrected chi connectivity index (χ4v) is 3.30. The number of carbonyl (C=O) groups excluding carboxylic acids is 1. The van der Waals surface area contributed by atoms with Crippen LogP contribution < -0.4 is 5.32 Å². The van der Waals surface area contributed by atoms with Crippen molar-refractivity contribution in [2.24, 2.45) is 0 Å². The molecule has 0 unspecified atom stereocenters. The molecule has 26 heavy (non-hydrogen) atoms. The summed E-state index contributed by atoms with van der Waals surface area (Å²) in [6.07, 6.45) is 1.46. The Morgan fingerprint density at radius 1 is 1.19 bits per heavy atom. The Balaban J connectivity index is 1.66. The molecule has 3 aromatic rings. The molecule has 6 nitrogen and oxygen atoms in total. The molecule has 0 aliphatic heterocycles. The quantitative estimate of drug-likeness (QED) is 0.503. The number of benzene rings is 1. The molecule has 134 valence electrons. The predicted octanol–water partition coefficient (Wildman–Crippen LogP) is 4.32. The van der Waals surface area contributed by atoms with Gasteiger partial charge in [-0.05, 0) is 38.1 Å². The molecule has 0 radical (unpaired) electrons. The van der Waals surface area contributed by atoms with Crippen LogP contribution in [0.5, 0.6) is 0 Å². The van der Waals surface area contributed by atoms with Crippen LogP contribution in [0.25, 0.3) is 5.82 Å². The van der Waals surface area contributed by atoms with Gasteiger partial charge in [0.2, 0.25) is 5.91 Å². The van der Waals surface area contributed by atoms with E-state index in [9.17, 15) is 4.79 Å². The van der Waals surface area contributed by atoms with Crippen molar-refractivity contribution in [3.63, 3.8) is 0 Å². The highest BCUT2D eigenvalue weighted by molar-refractivity contribution is 7.99. The third-order valence-electron chi connectivity index (χ3n) is 3.41. The highest BCUT2D eigenvalue weighted by atomic mass is 35.5. The Kier molecular flexibility index (Phi) is 5.80. The Bertz CT molecular complexity index is 960. The van der Waals surface area contributed by atoms with Crippen LogP contribution in [0.4, 0.5) is 5.69 Å². The van der Waals surface area contributed by atoms with E-state index in [0.29, 0.717) is 26.6 Å². The Labute approximate surface area is 164 Å². The smallest absolute Gasteiger partial charge is 0.234 e. The topological polar surface area (TPSA) is 72.7 Å². The molecule has 0 saturated heterocycles. The molecule has 1 amide bonds. The van der Waals surface area contributed by atoms with E-state index in [4.69, 9.17) is 23.2 Å². The van der Waals surface area contributed by atoms with Crippen molar-refractivity contribution >= 4 is 46.6 Å². The molecular weight excluding hydrogens is 393 g/mol. The predicted molar refractivity (Wildman–Crippen MR) is 104 cm³/mol. The van der Waals surface area contributed by atoms with E-state index < -0.39 is 0 Å². The average Bonchev–Trinajstić information content (AvgIpc) is 2.95. The van der Waals surface area contributed by atoms with E-state index >= 15 is 0 Å². The van der Waals surface area contributed by atoms with Crippen molar-refractivity contribution in [3.05, 3.63) is 58.1 Å². The number of aromatic nitrogens is 4. The summed E-state index contributed by atoms with van der Waals surface area (Å²) in [7, 11) is 0. The van der Waals surface area contributed by atoms with Crippen molar-refractivity contribution in [2.75, 3.05) is 11.1 Å². The van der Waals surface area contributed by atoms with E-state index in [1.807, 2.05) is 19.9 Å². The summed E-state index contributed by atoms with van der Waals surface area (Å²) >= 11 is 13.3. The molecule has 0 aliphatic carbocycles. The zero-order valence-electron chi connectivity index (χ0n) is 14.0. The van der Waals surface area contributed by atoms with Crippen molar-refractivity contribution in [2.45, 2.75) is 18.9 Å². The van der Waals surface area contributed by atoms with Crippen LogP contribution in [0, 0.1) is 13.8 Å². The molecule has 0 fully saturated rings. The minimum absolute atomic E-state index is 0.177. The van der Waals surface area contributed by atoms with Crippen molar-refractivity contribution in [3.8, 4) is 5.82 Å². The maximum absolute atomic E-state index is 12.2. The molecular formula is C17H15Cl2N5OS. The van der Waals surface area contributed by atoms with Gasteiger partial charge in [-0.15, -0.1) is 0 Å². The molecule has 1 N–H and O–H groups in total. The van der Waals surface area contributed by atoms with Gasteiger partial charge >= 0.3 is 0 Å². The number of hydrogen-bond donors (Lipinski definition) is 1. The summed E-state index contributed by atoms with van der Waals surface area (Å²) < 4.78 is 1.74. The number of carbonyl (C=O) groups is 1. The first-order valence-corrected chi connectivity index (χ1v) is 9.40. The van der Waals surface area contributed by atoms with Crippen LogP contribution in [0.15, 0.2) is 41.7 Å². The van der Waals surface area contributed by atoms with Gasteiger partial charge in [-0.3, -0.25) is 4.79 Å². The average molecular weight is 408 g/mol. The second-order valence-corrected chi connectivity index (χ2v) is 7.35. The second kappa shape index (κ2) is 8.07. The molecule has 0 atom stereocenters. The molecule has 9 heteroatoms. The number of nitrogens with zero attached hydrogens (tertiary/aromatic N) is 4. The van der Waals surface area contributed by atoms with Crippen LogP contribution in [0.1, 0.15) is 11.4 Å². The van der Waals surface area contributed by atoms with E-state index in [2.05, 4.69) is 20.4 Å². The monoisotopic (exact) mass is 407 g/mol. The minimum atomic E-state index is -0.203. The van der Waals surface area contributed by atoms with Gasteiger partial charge in [0.25, 0.3) is 0 Å². The van der Waals surface area contributed by atoms with Gasteiger partial charge in [-0.1, -0.05) is 35.0 Å². The lowest BCUT2D eigenvalue weighted by Crippen LogP contribution is -2.14. The Morgan fingerprint density at radius 3 is 2.73 bits per heavy atom. The van der Waals surface area contributed by atoms with Gasteiger partial charge in [-0.2, -0.15) is 5.10 Å². The lowest BCUT2D eigenvalue weighted by Gasteiger charge is -2.08. The van der Waals surface area contributed by atoms with Gasteiger partial charge in [0, 0.05) is 16.8 Å². The fraction of sp³-hybridized carbons (Fsp3) is 0.176. The number of hydrogen-bond acceptors (Lipinski definition) is 5. The van der Waals surface area contributed by atoms with Crippen LogP contribution in [-0.2, 0) is 4.79 Å². The lowest BCUT2D eigenvalue weighted by molar-refractivity contribution is -0.113. The number of aryl methyl sites for hydroxylation is 2. The maximum Gasteiger partial charge on any atom is 0.234 e. The number of halogens is 2. The second-order valence-electron chi connectivity index (χ2n) is 5.51. The first-order valence-electron chi connectivity index (χ1n) is 7.66. The molecule has 3 rings (SSSR count). The standard InChI is InChI=1S/C17H15Cl2N5OS/c1-10-5-11(2)24(23-10)15-7-17(21-9-20-15)26-8-16(25)22-14-6-12(18)3-4-13(14)19/h3-7,9H,8H2,1-2H3,(H,22,25). The van der Waals surface area contributed by atoms with E-state index in [1.165, 1.54) is 18.1 Å². The Morgan fingerprint density at radius 2 is 2.00 bits per heavy atom. The third kappa shape index (κ3) is 4.55. The summed E-state index contributed by atoms with van der Waals surface area (Å²) in [6.45, 7) is 3.88. The van der Waals surface area contributed by atoms with Crippen molar-refractivity contribution in [1.29, 1.82) is 0 Å². The van der Waals surface area contributed by atoms with Gasteiger partial charge in [0.15, 0.2) is 5.82 Å². The van der Waals surface area contributed by atoms with Crippen LogP contribution in [0.2, 0.25) is 10.0 Å². The van der Waals surface area contributed by atoms with Gasteiger partial charge in [0.1, 0.15) is 11.4 Å². The number of amides is 1. The summed E-state index contributed by atoms with van der Waals surface area (Å²) in [5.41, 5.74) is 2.37. The first-order chi connectivity index (χ1) is 12.4. The summed E-state index contributed by atoms with van der Waals surface area (Å²) in [6, 6.07) is 8.67. The molecule has 0 bridgehead atoms. The number of nitrogens with one attached hydrogen (secondary N) is 1. The van der Waals surface area contributed by atoms with Crippen LogP contribution >= 0.6 is 35.0 Å². The molecule has 2 aromatic heterocycles. The number of thioether (sulfide) groups is 1. The molecule has 0 spiro atoms. The van der Waals surface area contributed by atoms with Crippen LogP contribution in [-0.4, -0.2) is 31.4 Å². The lowest BCUT2D eigenvalue weighted by atomic mass is 10.3. The number of anilines is 1. The fourth-order valence-electron chi connectivity index (χ4n) is 2.30. The molecule has 1 aromatic carbocycles. The summed E-state index contributed by atoms with van der Waals surface area (Å²) in [4.78, 5) is 20.6. The third-order valence-corrected chi connectivity index (χ3v) is 4.90. The number of rotatable bonds is 5. The Hall–Kier alpha value is -2.09. The highest BCUT2D eigenvalue weighted by Gasteiger charge is 2.10. The SMILES string of the molecule is Cc1cc(C)n(-c2cc(SCC(=O)Nc3cc(Cl)ccc3Cl)ncn2)n1. The zero-order valence-corrected chi connectivity index (χ0v) is 16.4. The zero-order chi connectivity index (χ0) is 18.7. The first kappa shape index (κ1) is 18.7. The van der Waals surface area contributed by atoms with E-state index in [0.717, 1.165) is 11.4 Å².